The Morgan fingerprint density at radius 3 is 2.48 bits per heavy atom. The highest BCUT2D eigenvalue weighted by molar-refractivity contribution is 5.96. The molecule has 0 spiro atoms. The summed E-state index contributed by atoms with van der Waals surface area (Å²) in [6, 6.07) is 14.4. The quantitative estimate of drug-likeness (QED) is 0.528. The van der Waals surface area contributed by atoms with Crippen LogP contribution in [0.25, 0.3) is 0 Å². The van der Waals surface area contributed by atoms with Gasteiger partial charge in [0.2, 0.25) is 5.91 Å². The second-order valence-corrected chi connectivity index (χ2v) is 7.29. The third-order valence-corrected chi connectivity index (χ3v) is 4.22. The van der Waals surface area contributed by atoms with Gasteiger partial charge in [-0.05, 0) is 61.2 Å². The number of rotatable bonds is 11. The molecule has 6 heteroatoms. The van der Waals surface area contributed by atoms with Crippen molar-refractivity contribution in [3.05, 3.63) is 54.1 Å². The van der Waals surface area contributed by atoms with Crippen molar-refractivity contribution in [2.75, 3.05) is 30.3 Å². The van der Waals surface area contributed by atoms with Gasteiger partial charge in [0, 0.05) is 23.5 Å². The zero-order valence-corrected chi connectivity index (χ0v) is 17.5. The van der Waals surface area contributed by atoms with Crippen molar-refractivity contribution >= 4 is 23.2 Å². The van der Waals surface area contributed by atoms with E-state index in [0.717, 1.165) is 24.3 Å². The van der Waals surface area contributed by atoms with Crippen LogP contribution in [-0.4, -0.2) is 31.5 Å². The molecule has 2 aromatic rings. The number of hydrogen-bond donors (Lipinski definition) is 3. The Morgan fingerprint density at radius 2 is 1.79 bits per heavy atom. The summed E-state index contributed by atoms with van der Waals surface area (Å²) in [7, 11) is 0. The average Bonchev–Trinajstić information content (AvgIpc) is 2.71. The predicted molar refractivity (Wildman–Crippen MR) is 118 cm³/mol. The monoisotopic (exact) mass is 397 g/mol. The molecule has 2 amide bonds. The maximum absolute atomic E-state index is 12.2. The fraction of sp³-hybridized carbons (Fsp3) is 0.391. The number of amides is 2. The Balaban J connectivity index is 1.80. The van der Waals surface area contributed by atoms with Gasteiger partial charge in [0.05, 0.1) is 13.2 Å². The minimum absolute atomic E-state index is 0.104. The van der Waals surface area contributed by atoms with Gasteiger partial charge < -0.3 is 20.7 Å². The van der Waals surface area contributed by atoms with E-state index in [2.05, 4.69) is 29.8 Å². The van der Waals surface area contributed by atoms with Gasteiger partial charge in [-0.25, -0.2) is 0 Å². The third-order valence-electron chi connectivity index (χ3n) is 4.22. The Morgan fingerprint density at radius 1 is 1.03 bits per heavy atom. The number of benzene rings is 2. The zero-order chi connectivity index (χ0) is 21.1. The van der Waals surface area contributed by atoms with E-state index in [1.54, 1.807) is 18.2 Å². The number of anilines is 2. The van der Waals surface area contributed by atoms with Gasteiger partial charge in [0.25, 0.3) is 5.91 Å². The van der Waals surface area contributed by atoms with Crippen LogP contribution in [0.2, 0.25) is 0 Å². The Kier molecular flexibility index (Phi) is 9.02. The van der Waals surface area contributed by atoms with Gasteiger partial charge in [-0.15, -0.1) is 0 Å². The van der Waals surface area contributed by atoms with E-state index < -0.39 is 0 Å². The number of ether oxygens (including phenoxy) is 1. The van der Waals surface area contributed by atoms with Crippen LogP contribution in [0.15, 0.2) is 48.5 Å². The Hall–Kier alpha value is -3.02. The van der Waals surface area contributed by atoms with E-state index in [9.17, 15) is 9.59 Å². The first-order valence-electron chi connectivity index (χ1n) is 10.1. The lowest BCUT2D eigenvalue weighted by Gasteiger charge is -2.11. The van der Waals surface area contributed by atoms with Crippen molar-refractivity contribution in [1.82, 2.24) is 5.32 Å². The lowest BCUT2D eigenvalue weighted by molar-refractivity contribution is -0.114. The van der Waals surface area contributed by atoms with Crippen LogP contribution >= 0.6 is 0 Å². The first-order chi connectivity index (χ1) is 14.0. The molecule has 0 radical (unpaired) electrons. The summed E-state index contributed by atoms with van der Waals surface area (Å²) in [4.78, 5) is 24.2. The van der Waals surface area contributed by atoms with Crippen molar-refractivity contribution in [3.63, 3.8) is 0 Å². The van der Waals surface area contributed by atoms with E-state index in [-0.39, 0.29) is 18.4 Å². The zero-order valence-electron chi connectivity index (χ0n) is 17.5. The molecule has 0 fully saturated rings. The number of hydrogen-bond acceptors (Lipinski definition) is 4. The second-order valence-electron chi connectivity index (χ2n) is 7.29. The van der Waals surface area contributed by atoms with E-state index in [1.165, 1.54) is 0 Å². The molecule has 0 aliphatic carbocycles. The third kappa shape index (κ3) is 8.25. The van der Waals surface area contributed by atoms with Gasteiger partial charge in [0.1, 0.15) is 5.75 Å². The van der Waals surface area contributed by atoms with Gasteiger partial charge in [-0.1, -0.05) is 26.8 Å². The molecule has 29 heavy (non-hydrogen) atoms. The molecule has 0 aromatic heterocycles. The molecule has 156 valence electrons. The van der Waals surface area contributed by atoms with Crippen molar-refractivity contribution < 1.29 is 14.3 Å². The summed E-state index contributed by atoms with van der Waals surface area (Å²) >= 11 is 0. The fourth-order valence-corrected chi connectivity index (χ4v) is 2.55. The van der Waals surface area contributed by atoms with Crippen LogP contribution in [0.3, 0.4) is 0 Å². The van der Waals surface area contributed by atoms with Gasteiger partial charge in [0.15, 0.2) is 0 Å². The van der Waals surface area contributed by atoms with Crippen LogP contribution in [0.1, 0.15) is 44.0 Å². The van der Waals surface area contributed by atoms with Gasteiger partial charge in [-0.2, -0.15) is 0 Å². The highest BCUT2D eigenvalue weighted by Gasteiger charge is 2.07. The molecule has 3 N–H and O–H groups in total. The van der Waals surface area contributed by atoms with Crippen LogP contribution in [-0.2, 0) is 4.79 Å². The summed E-state index contributed by atoms with van der Waals surface area (Å²) < 4.78 is 5.68. The molecule has 0 bridgehead atoms. The molecule has 2 rings (SSSR count). The SMILES string of the molecule is CCCNC(=O)c1cccc(NCC(=O)Nc2ccc(OCCC(C)C)cc2)c1. The summed E-state index contributed by atoms with van der Waals surface area (Å²) in [5.74, 6) is 1.11. The lowest BCUT2D eigenvalue weighted by Crippen LogP contribution is -2.24. The van der Waals surface area contributed by atoms with Crippen molar-refractivity contribution in [2.24, 2.45) is 5.92 Å². The Labute approximate surface area is 173 Å². The molecule has 0 saturated heterocycles. The first-order valence-corrected chi connectivity index (χ1v) is 10.1. The molecule has 0 heterocycles. The van der Waals surface area contributed by atoms with Crippen LogP contribution in [0, 0.1) is 5.92 Å². The first kappa shape index (κ1) is 22.3. The van der Waals surface area contributed by atoms with Crippen molar-refractivity contribution in [1.29, 1.82) is 0 Å². The van der Waals surface area contributed by atoms with E-state index in [0.29, 0.717) is 30.3 Å². The van der Waals surface area contributed by atoms with Crippen LogP contribution in [0.5, 0.6) is 5.75 Å². The molecular formula is C23H31N3O3. The normalized spacial score (nSPS) is 10.5. The maximum Gasteiger partial charge on any atom is 0.251 e. The summed E-state index contributed by atoms with van der Waals surface area (Å²) in [5, 5.41) is 8.73. The molecule has 0 atom stereocenters. The second kappa shape index (κ2) is 11.7. The molecular weight excluding hydrogens is 366 g/mol. The summed E-state index contributed by atoms with van der Waals surface area (Å²) in [6.45, 7) is 7.75. The lowest BCUT2D eigenvalue weighted by atomic mass is 10.1. The van der Waals surface area contributed by atoms with E-state index >= 15 is 0 Å². The van der Waals surface area contributed by atoms with E-state index in [4.69, 9.17) is 4.74 Å². The summed E-state index contributed by atoms with van der Waals surface area (Å²) in [5.41, 5.74) is 2.00. The highest BCUT2D eigenvalue weighted by Crippen LogP contribution is 2.16. The van der Waals surface area contributed by atoms with Crippen molar-refractivity contribution in [2.45, 2.75) is 33.6 Å². The molecule has 2 aromatic carbocycles. The predicted octanol–water partition coefficient (Wildman–Crippen LogP) is 4.30. The standard InChI is InChI=1S/C23H31N3O3/c1-4-13-24-23(28)18-6-5-7-20(15-18)25-16-22(27)26-19-8-10-21(11-9-19)29-14-12-17(2)3/h5-11,15,17,25H,4,12-14,16H2,1-3H3,(H,24,28)(H,26,27). The maximum atomic E-state index is 12.2. The molecule has 6 nitrogen and oxygen atoms in total. The van der Waals surface area contributed by atoms with Gasteiger partial charge in [-0.3, -0.25) is 9.59 Å². The number of carbonyl (C=O) groups is 2. The largest absolute Gasteiger partial charge is 0.494 e. The smallest absolute Gasteiger partial charge is 0.251 e. The molecule has 0 aliphatic heterocycles. The van der Waals surface area contributed by atoms with Crippen LogP contribution in [0.4, 0.5) is 11.4 Å². The topological polar surface area (TPSA) is 79.5 Å². The highest BCUT2D eigenvalue weighted by atomic mass is 16.5. The molecule has 0 aliphatic rings. The van der Waals surface area contributed by atoms with Gasteiger partial charge >= 0.3 is 0 Å². The molecule has 0 unspecified atom stereocenters. The fourth-order valence-electron chi connectivity index (χ4n) is 2.55. The Bertz CT molecular complexity index is 788. The minimum atomic E-state index is -0.167. The minimum Gasteiger partial charge on any atom is -0.494 e. The number of nitrogens with one attached hydrogen (secondary N) is 3. The molecule has 0 saturated carbocycles. The summed E-state index contributed by atoms with van der Waals surface area (Å²) in [6.07, 6.45) is 1.89. The average molecular weight is 398 g/mol. The van der Waals surface area contributed by atoms with E-state index in [1.807, 2.05) is 37.3 Å². The van der Waals surface area contributed by atoms with Crippen LogP contribution < -0.4 is 20.7 Å². The van der Waals surface area contributed by atoms with Crippen molar-refractivity contribution in [3.8, 4) is 5.75 Å². The number of carbonyl (C=O) groups excluding carboxylic acids is 2.